The van der Waals surface area contributed by atoms with Gasteiger partial charge in [-0.25, -0.2) is 0 Å². The molecule has 1 heterocycles. The highest BCUT2D eigenvalue weighted by Gasteiger charge is 2.42. The highest BCUT2D eigenvalue weighted by molar-refractivity contribution is 6.08. The summed E-state index contributed by atoms with van der Waals surface area (Å²) in [6.45, 7) is 3.94. The average Bonchev–Trinajstić information content (AvgIpc) is 3.09. The third kappa shape index (κ3) is 8.79. The molecule has 1 aromatic rings. The highest BCUT2D eigenvalue weighted by atomic mass is 16.6. The summed E-state index contributed by atoms with van der Waals surface area (Å²) >= 11 is 0. The quantitative estimate of drug-likeness (QED) is 0.133. The SMILES string of the molecule is CCCCCCCCCCCCCCCCN1C(=O)C(O)=C(C(C)=O)[C@@H]1c1cccc([N+](=O)[O-])c1. The van der Waals surface area contributed by atoms with E-state index in [1.807, 2.05) is 0 Å². The molecule has 1 amide bonds. The van der Waals surface area contributed by atoms with Crippen LogP contribution in [0.5, 0.6) is 0 Å². The Morgan fingerprint density at radius 2 is 1.46 bits per heavy atom. The molecule has 0 fully saturated rings. The summed E-state index contributed by atoms with van der Waals surface area (Å²) in [4.78, 5) is 37.1. The van der Waals surface area contributed by atoms with E-state index < -0.39 is 28.4 Å². The van der Waals surface area contributed by atoms with E-state index in [4.69, 9.17) is 0 Å². The van der Waals surface area contributed by atoms with Crippen molar-refractivity contribution in [1.29, 1.82) is 0 Å². The standard InChI is InChI=1S/C28H42N2O5/c1-3-4-5-6-7-8-9-10-11-12-13-14-15-16-20-29-26(25(22(2)31)27(32)28(29)33)23-18-17-19-24(21-23)30(34)35/h17-19,21,26,32H,3-16,20H2,1-2H3/t26-/m0/s1. The van der Waals surface area contributed by atoms with Crippen LogP contribution >= 0.6 is 0 Å². The zero-order valence-electron chi connectivity index (χ0n) is 21.5. The van der Waals surface area contributed by atoms with Gasteiger partial charge >= 0.3 is 0 Å². The predicted molar refractivity (Wildman–Crippen MR) is 138 cm³/mol. The van der Waals surface area contributed by atoms with Crippen LogP contribution < -0.4 is 0 Å². The summed E-state index contributed by atoms with van der Waals surface area (Å²) < 4.78 is 0. The van der Waals surface area contributed by atoms with Crippen LogP contribution in [-0.2, 0) is 9.59 Å². The Morgan fingerprint density at radius 1 is 0.943 bits per heavy atom. The third-order valence-electron chi connectivity index (χ3n) is 6.83. The van der Waals surface area contributed by atoms with Crippen LogP contribution in [0.25, 0.3) is 0 Å². The number of hydrogen-bond acceptors (Lipinski definition) is 5. The number of nitrogens with zero attached hydrogens (tertiary/aromatic N) is 2. The summed E-state index contributed by atoms with van der Waals surface area (Å²) in [5, 5.41) is 21.6. The van der Waals surface area contributed by atoms with E-state index in [2.05, 4.69) is 6.92 Å². The second-order valence-corrected chi connectivity index (χ2v) is 9.67. The van der Waals surface area contributed by atoms with Crippen molar-refractivity contribution in [3.8, 4) is 0 Å². The molecule has 2 rings (SSSR count). The summed E-state index contributed by atoms with van der Waals surface area (Å²) in [6, 6.07) is 5.15. The number of nitro groups is 1. The Bertz CT molecular complexity index is 880. The summed E-state index contributed by atoms with van der Waals surface area (Å²) in [7, 11) is 0. The first-order valence-electron chi connectivity index (χ1n) is 13.4. The summed E-state index contributed by atoms with van der Waals surface area (Å²) in [6.07, 6.45) is 17.2. The van der Waals surface area contributed by atoms with Crippen molar-refractivity contribution in [2.75, 3.05) is 6.54 Å². The van der Waals surface area contributed by atoms with E-state index in [1.54, 1.807) is 6.07 Å². The maximum absolute atomic E-state index is 12.7. The molecule has 0 saturated heterocycles. The van der Waals surface area contributed by atoms with Gasteiger partial charge in [-0.05, 0) is 18.9 Å². The molecule has 1 aliphatic heterocycles. The number of non-ortho nitro benzene ring substituents is 1. The molecule has 0 aliphatic carbocycles. The van der Waals surface area contributed by atoms with Crippen LogP contribution in [0.2, 0.25) is 0 Å². The Kier molecular flexibility index (Phi) is 12.5. The Labute approximate surface area is 209 Å². The molecule has 1 N–H and O–H groups in total. The molecule has 35 heavy (non-hydrogen) atoms. The number of benzene rings is 1. The fourth-order valence-electron chi connectivity index (χ4n) is 4.88. The molecule has 1 aromatic carbocycles. The van der Waals surface area contributed by atoms with Gasteiger partial charge in [-0.1, -0.05) is 103 Å². The van der Waals surface area contributed by atoms with Gasteiger partial charge in [0.2, 0.25) is 0 Å². The zero-order chi connectivity index (χ0) is 25.6. The lowest BCUT2D eigenvalue weighted by molar-refractivity contribution is -0.384. The van der Waals surface area contributed by atoms with Gasteiger partial charge in [-0.15, -0.1) is 0 Å². The predicted octanol–water partition coefficient (Wildman–Crippen LogP) is 7.36. The number of amides is 1. The molecule has 0 unspecified atom stereocenters. The number of carbonyl (C=O) groups excluding carboxylic acids is 2. The number of carbonyl (C=O) groups is 2. The monoisotopic (exact) mass is 486 g/mol. The molecular weight excluding hydrogens is 444 g/mol. The number of aliphatic hydroxyl groups is 1. The van der Waals surface area contributed by atoms with Gasteiger partial charge in [-0.2, -0.15) is 0 Å². The Balaban J connectivity index is 1.76. The molecule has 0 spiro atoms. The van der Waals surface area contributed by atoms with Crippen LogP contribution in [0.4, 0.5) is 5.69 Å². The molecule has 0 aromatic heterocycles. The smallest absolute Gasteiger partial charge is 0.290 e. The average molecular weight is 487 g/mol. The number of aliphatic hydroxyl groups excluding tert-OH is 1. The maximum Gasteiger partial charge on any atom is 0.290 e. The summed E-state index contributed by atoms with van der Waals surface area (Å²) in [5.74, 6) is -1.53. The van der Waals surface area contributed by atoms with Crippen molar-refractivity contribution in [2.24, 2.45) is 0 Å². The topological polar surface area (TPSA) is 101 Å². The Morgan fingerprint density at radius 3 is 1.94 bits per heavy atom. The van der Waals surface area contributed by atoms with Crippen LogP contribution in [0.1, 0.15) is 115 Å². The second-order valence-electron chi connectivity index (χ2n) is 9.67. The first-order valence-corrected chi connectivity index (χ1v) is 13.4. The van der Waals surface area contributed by atoms with E-state index in [0.29, 0.717) is 12.1 Å². The van der Waals surface area contributed by atoms with Crippen molar-refractivity contribution >= 4 is 17.4 Å². The van der Waals surface area contributed by atoms with Gasteiger partial charge in [0, 0.05) is 18.7 Å². The fraction of sp³-hybridized carbons (Fsp3) is 0.643. The first kappa shape index (κ1) is 28.5. The lowest BCUT2D eigenvalue weighted by Crippen LogP contribution is -2.32. The van der Waals surface area contributed by atoms with E-state index in [1.165, 1.54) is 101 Å². The minimum Gasteiger partial charge on any atom is -0.503 e. The van der Waals surface area contributed by atoms with Crippen LogP contribution in [0.15, 0.2) is 35.6 Å². The van der Waals surface area contributed by atoms with E-state index in [9.17, 15) is 24.8 Å². The summed E-state index contributed by atoms with van der Waals surface area (Å²) in [5.41, 5.74) is 0.369. The number of rotatable bonds is 18. The van der Waals surface area contributed by atoms with Gasteiger partial charge in [0.1, 0.15) is 0 Å². The van der Waals surface area contributed by atoms with Crippen molar-refractivity contribution in [3.63, 3.8) is 0 Å². The van der Waals surface area contributed by atoms with Crippen LogP contribution in [-0.4, -0.2) is 33.2 Å². The van der Waals surface area contributed by atoms with Crippen LogP contribution in [0, 0.1) is 10.1 Å². The zero-order valence-corrected chi connectivity index (χ0v) is 21.5. The Hall–Kier alpha value is -2.70. The molecular formula is C28H42N2O5. The number of Topliss-reactive ketones (excluding diaryl/α,β-unsaturated/α-hetero) is 1. The molecule has 0 saturated carbocycles. The van der Waals surface area contributed by atoms with Gasteiger partial charge in [0.15, 0.2) is 11.5 Å². The maximum atomic E-state index is 12.7. The van der Waals surface area contributed by atoms with Crippen molar-refractivity contribution < 1.29 is 19.6 Å². The van der Waals surface area contributed by atoms with Gasteiger partial charge in [0.05, 0.1) is 16.5 Å². The number of nitro benzene ring substituents is 1. The van der Waals surface area contributed by atoms with Crippen LogP contribution in [0.3, 0.4) is 0 Å². The first-order chi connectivity index (χ1) is 16.9. The van der Waals surface area contributed by atoms with E-state index in [-0.39, 0.29) is 11.3 Å². The largest absolute Gasteiger partial charge is 0.503 e. The normalized spacial score (nSPS) is 15.8. The van der Waals surface area contributed by atoms with E-state index >= 15 is 0 Å². The van der Waals surface area contributed by atoms with Gasteiger partial charge in [0.25, 0.3) is 11.6 Å². The number of ketones is 1. The van der Waals surface area contributed by atoms with Crippen molar-refractivity contribution in [1.82, 2.24) is 4.90 Å². The molecule has 0 bridgehead atoms. The van der Waals surface area contributed by atoms with E-state index in [0.717, 1.165) is 19.3 Å². The molecule has 7 nitrogen and oxygen atoms in total. The fourth-order valence-corrected chi connectivity index (χ4v) is 4.88. The number of unbranched alkanes of at least 4 members (excludes halogenated alkanes) is 13. The minimum absolute atomic E-state index is 0.0147. The number of hydrogen-bond donors (Lipinski definition) is 1. The van der Waals surface area contributed by atoms with Crippen molar-refractivity contribution in [3.05, 3.63) is 51.3 Å². The van der Waals surface area contributed by atoms with Crippen molar-refractivity contribution in [2.45, 2.75) is 110 Å². The third-order valence-corrected chi connectivity index (χ3v) is 6.83. The molecule has 7 heteroatoms. The molecule has 194 valence electrons. The van der Waals surface area contributed by atoms with Gasteiger partial charge < -0.3 is 10.0 Å². The molecule has 1 atom stereocenters. The second kappa shape index (κ2) is 15.3. The lowest BCUT2D eigenvalue weighted by atomic mass is 9.96. The minimum atomic E-state index is -0.790. The molecule has 0 radical (unpaired) electrons. The lowest BCUT2D eigenvalue weighted by Gasteiger charge is -2.26. The molecule has 1 aliphatic rings. The highest BCUT2D eigenvalue weighted by Crippen LogP contribution is 2.38. The van der Waals surface area contributed by atoms with Gasteiger partial charge in [-0.3, -0.25) is 19.7 Å².